The smallest absolute Gasteiger partial charge is 0.215 e. The zero-order valence-electron chi connectivity index (χ0n) is 11.7. The Bertz CT molecular complexity index is 255. The Hall–Kier alpha value is -0.835. The summed E-state index contributed by atoms with van der Waals surface area (Å²) in [7, 11) is 1.82. The first-order valence-electron chi connectivity index (χ1n) is 6.42. The normalized spacial score (nSPS) is 10.9. The third-order valence-corrected chi connectivity index (χ3v) is 2.58. The molecule has 0 fully saturated rings. The predicted octanol–water partition coefficient (Wildman–Crippen LogP) is 0.0895. The van der Waals surface area contributed by atoms with Crippen molar-refractivity contribution < 1.29 is 9.59 Å². The molecule has 0 aliphatic carbocycles. The molecular formula is C12H25BN2O2. The lowest BCUT2D eigenvalue weighted by Crippen LogP contribution is -2.42. The van der Waals surface area contributed by atoms with Crippen LogP contribution >= 0.6 is 0 Å². The lowest BCUT2D eigenvalue weighted by atomic mass is 10.0. The summed E-state index contributed by atoms with van der Waals surface area (Å²) >= 11 is 0. The Morgan fingerprint density at radius 2 is 1.82 bits per heavy atom. The summed E-state index contributed by atoms with van der Waals surface area (Å²) in [5.41, 5.74) is 0. The molecule has 0 bridgehead atoms. The second-order valence-corrected chi connectivity index (χ2v) is 4.90. The Labute approximate surface area is 106 Å². The van der Waals surface area contributed by atoms with Crippen LogP contribution in [0.2, 0.25) is 6.32 Å². The van der Waals surface area contributed by atoms with Gasteiger partial charge in [0.05, 0.1) is 6.54 Å². The van der Waals surface area contributed by atoms with Crippen molar-refractivity contribution in [2.75, 3.05) is 19.6 Å². The van der Waals surface area contributed by atoms with Crippen LogP contribution in [0, 0.1) is 5.92 Å². The molecular weight excluding hydrogens is 215 g/mol. The van der Waals surface area contributed by atoms with E-state index in [0.29, 0.717) is 18.9 Å². The standard InChI is InChI=1S/C12H25BN2O2/c1-9(2)11(16)8-15(12(17)7-13)6-5-14-10(3)4/h9-10,14H,5-8,13H2,1-4H3. The average Bonchev–Trinajstić information content (AvgIpc) is 2.25. The van der Waals surface area contributed by atoms with E-state index in [1.54, 1.807) is 4.90 Å². The lowest BCUT2D eigenvalue weighted by Gasteiger charge is -2.23. The van der Waals surface area contributed by atoms with Gasteiger partial charge in [0, 0.05) is 25.0 Å². The highest BCUT2D eigenvalue weighted by molar-refractivity contribution is 6.19. The van der Waals surface area contributed by atoms with E-state index in [1.165, 1.54) is 0 Å². The molecule has 0 radical (unpaired) electrons. The molecule has 17 heavy (non-hydrogen) atoms. The Morgan fingerprint density at radius 3 is 2.24 bits per heavy atom. The Balaban J connectivity index is 4.24. The molecule has 0 aromatic rings. The van der Waals surface area contributed by atoms with Crippen LogP contribution in [0.25, 0.3) is 0 Å². The van der Waals surface area contributed by atoms with Gasteiger partial charge in [-0.1, -0.05) is 27.7 Å². The molecule has 0 rings (SSSR count). The average molecular weight is 240 g/mol. The quantitative estimate of drug-likeness (QED) is 0.612. The molecule has 1 amide bonds. The van der Waals surface area contributed by atoms with Crippen LogP contribution in [0.15, 0.2) is 0 Å². The number of hydrogen-bond donors (Lipinski definition) is 1. The van der Waals surface area contributed by atoms with Gasteiger partial charge in [-0.3, -0.25) is 9.59 Å². The molecule has 0 aliphatic heterocycles. The van der Waals surface area contributed by atoms with Crippen LogP contribution < -0.4 is 5.32 Å². The van der Waals surface area contributed by atoms with Crippen LogP contribution in [-0.2, 0) is 9.59 Å². The molecule has 0 unspecified atom stereocenters. The van der Waals surface area contributed by atoms with Gasteiger partial charge < -0.3 is 10.2 Å². The molecule has 98 valence electrons. The zero-order valence-corrected chi connectivity index (χ0v) is 11.7. The Kier molecular flexibility index (Phi) is 7.88. The minimum absolute atomic E-state index is 0.0137. The molecule has 0 aromatic carbocycles. The third-order valence-electron chi connectivity index (χ3n) is 2.58. The summed E-state index contributed by atoms with van der Waals surface area (Å²) in [6, 6.07) is 0.398. The highest BCUT2D eigenvalue weighted by Gasteiger charge is 2.17. The van der Waals surface area contributed by atoms with Gasteiger partial charge in [0.25, 0.3) is 0 Å². The summed E-state index contributed by atoms with van der Waals surface area (Å²) in [5, 5.41) is 3.25. The number of Topliss-reactive ketones (excluding diaryl/α,β-unsaturated/α-hetero) is 1. The maximum Gasteiger partial charge on any atom is 0.215 e. The number of nitrogens with zero attached hydrogens (tertiary/aromatic N) is 1. The van der Waals surface area contributed by atoms with Gasteiger partial charge in [0.1, 0.15) is 7.85 Å². The third kappa shape index (κ3) is 7.16. The first-order valence-corrected chi connectivity index (χ1v) is 6.42. The summed E-state index contributed by atoms with van der Waals surface area (Å²) in [6.45, 7) is 9.42. The van der Waals surface area contributed by atoms with E-state index in [4.69, 9.17) is 0 Å². The summed E-state index contributed by atoms with van der Waals surface area (Å²) in [4.78, 5) is 25.0. The van der Waals surface area contributed by atoms with Gasteiger partial charge in [0.15, 0.2) is 5.78 Å². The maximum absolute atomic E-state index is 11.7. The highest BCUT2D eigenvalue weighted by atomic mass is 16.2. The number of amides is 1. The number of rotatable bonds is 8. The van der Waals surface area contributed by atoms with E-state index in [1.807, 2.05) is 21.7 Å². The van der Waals surface area contributed by atoms with E-state index in [9.17, 15) is 9.59 Å². The van der Waals surface area contributed by atoms with E-state index in [-0.39, 0.29) is 24.2 Å². The SMILES string of the molecule is BCC(=O)N(CCNC(C)C)CC(=O)C(C)C. The van der Waals surface area contributed by atoms with Crippen LogP contribution in [0.1, 0.15) is 27.7 Å². The van der Waals surface area contributed by atoms with Crippen molar-refractivity contribution in [2.24, 2.45) is 5.92 Å². The second kappa shape index (κ2) is 8.28. The van der Waals surface area contributed by atoms with E-state index in [2.05, 4.69) is 19.2 Å². The summed E-state index contributed by atoms with van der Waals surface area (Å²) in [6.07, 6.45) is 0.451. The fourth-order valence-electron chi connectivity index (χ4n) is 1.37. The zero-order chi connectivity index (χ0) is 13.4. The fourth-order valence-corrected chi connectivity index (χ4v) is 1.37. The predicted molar refractivity (Wildman–Crippen MR) is 72.9 cm³/mol. The van der Waals surface area contributed by atoms with Crippen LogP contribution in [0.5, 0.6) is 0 Å². The van der Waals surface area contributed by atoms with Crippen molar-refractivity contribution in [3.05, 3.63) is 0 Å². The second-order valence-electron chi connectivity index (χ2n) is 4.90. The van der Waals surface area contributed by atoms with Crippen molar-refractivity contribution in [1.82, 2.24) is 10.2 Å². The molecule has 1 N–H and O–H groups in total. The fraction of sp³-hybridized carbons (Fsp3) is 0.833. The van der Waals surface area contributed by atoms with Crippen LogP contribution in [0.3, 0.4) is 0 Å². The Morgan fingerprint density at radius 1 is 1.24 bits per heavy atom. The molecule has 0 saturated carbocycles. The largest absolute Gasteiger partial charge is 0.335 e. The topological polar surface area (TPSA) is 49.4 Å². The molecule has 4 nitrogen and oxygen atoms in total. The van der Waals surface area contributed by atoms with E-state index >= 15 is 0 Å². The van der Waals surface area contributed by atoms with E-state index < -0.39 is 0 Å². The van der Waals surface area contributed by atoms with E-state index in [0.717, 1.165) is 6.54 Å². The number of carbonyl (C=O) groups is 2. The molecule has 0 aliphatic rings. The number of nitrogens with one attached hydrogen (secondary N) is 1. The van der Waals surface area contributed by atoms with Crippen molar-refractivity contribution in [3.63, 3.8) is 0 Å². The van der Waals surface area contributed by atoms with Crippen molar-refractivity contribution >= 4 is 19.5 Å². The van der Waals surface area contributed by atoms with Gasteiger partial charge in [-0.05, 0) is 6.32 Å². The monoisotopic (exact) mass is 240 g/mol. The molecule has 0 spiro atoms. The van der Waals surface area contributed by atoms with Gasteiger partial charge in [-0.25, -0.2) is 0 Å². The first kappa shape index (κ1) is 16.2. The number of hydrogen-bond acceptors (Lipinski definition) is 3. The number of carbonyl (C=O) groups excluding carboxylic acids is 2. The van der Waals surface area contributed by atoms with Crippen LogP contribution in [-0.4, -0.2) is 50.1 Å². The lowest BCUT2D eigenvalue weighted by molar-refractivity contribution is -0.134. The van der Waals surface area contributed by atoms with Gasteiger partial charge in [-0.2, -0.15) is 0 Å². The van der Waals surface area contributed by atoms with Crippen molar-refractivity contribution in [2.45, 2.75) is 40.1 Å². The minimum Gasteiger partial charge on any atom is -0.335 e. The number of ketones is 1. The molecule has 5 heteroatoms. The highest BCUT2D eigenvalue weighted by Crippen LogP contribution is 2.00. The minimum atomic E-state index is -0.0137. The molecule has 0 saturated heterocycles. The summed E-state index contributed by atoms with van der Waals surface area (Å²) in [5.74, 6) is 0.154. The van der Waals surface area contributed by atoms with Gasteiger partial charge in [0.2, 0.25) is 5.91 Å². The van der Waals surface area contributed by atoms with Crippen LogP contribution in [0.4, 0.5) is 0 Å². The summed E-state index contributed by atoms with van der Waals surface area (Å²) < 4.78 is 0. The molecule has 0 heterocycles. The van der Waals surface area contributed by atoms with Crippen molar-refractivity contribution in [3.8, 4) is 0 Å². The van der Waals surface area contributed by atoms with Gasteiger partial charge in [-0.15, -0.1) is 0 Å². The van der Waals surface area contributed by atoms with Crippen molar-refractivity contribution in [1.29, 1.82) is 0 Å². The van der Waals surface area contributed by atoms with Gasteiger partial charge >= 0.3 is 0 Å². The maximum atomic E-state index is 11.7. The first-order chi connectivity index (χ1) is 7.88. The molecule has 0 aromatic heterocycles. The molecule has 0 atom stereocenters.